The molecule has 0 bridgehead atoms. The second-order valence-corrected chi connectivity index (χ2v) is 3.52. The van der Waals surface area contributed by atoms with E-state index in [0.717, 1.165) is 12.0 Å². The van der Waals surface area contributed by atoms with Crippen molar-refractivity contribution in [1.29, 1.82) is 0 Å². The molecule has 0 unspecified atom stereocenters. The summed E-state index contributed by atoms with van der Waals surface area (Å²) in [7, 11) is 0. The lowest BCUT2D eigenvalue weighted by Crippen LogP contribution is -1.89. The van der Waals surface area contributed by atoms with Crippen LogP contribution in [0.25, 0.3) is 24.3 Å². The van der Waals surface area contributed by atoms with Crippen molar-refractivity contribution >= 4 is 24.3 Å². The number of fused-ring (bicyclic) bond motifs is 1. The molecule has 0 radical (unpaired) electrons. The maximum atomic E-state index is 3.87. The van der Waals surface area contributed by atoms with Crippen LogP contribution in [0.3, 0.4) is 0 Å². The van der Waals surface area contributed by atoms with Crippen molar-refractivity contribution in [3.63, 3.8) is 0 Å². The van der Waals surface area contributed by atoms with Crippen molar-refractivity contribution in [3.05, 3.63) is 59.7 Å². The van der Waals surface area contributed by atoms with Gasteiger partial charge in [0.15, 0.2) is 0 Å². The van der Waals surface area contributed by atoms with E-state index in [4.69, 9.17) is 0 Å². The predicted molar refractivity (Wildman–Crippen MR) is 69.3 cm³/mol. The summed E-state index contributed by atoms with van der Waals surface area (Å²) in [6.07, 6.45) is 13.4. The third kappa shape index (κ3) is 1.71. The van der Waals surface area contributed by atoms with Crippen LogP contribution in [0.2, 0.25) is 0 Å². The lowest BCUT2D eigenvalue weighted by Gasteiger charge is -2.09. The zero-order valence-corrected chi connectivity index (χ0v) is 8.74. The molecule has 0 fully saturated rings. The second-order valence-electron chi connectivity index (χ2n) is 3.52. The van der Waals surface area contributed by atoms with E-state index in [-0.39, 0.29) is 0 Å². The van der Waals surface area contributed by atoms with Gasteiger partial charge in [0, 0.05) is 0 Å². The summed E-state index contributed by atoms with van der Waals surface area (Å²) in [5.41, 5.74) is 4.81. The van der Waals surface area contributed by atoms with Gasteiger partial charge in [0.05, 0.1) is 0 Å². The second kappa shape index (κ2) is 4.14. The fraction of sp³-hybridized carbons (Fsp3) is 0.0667. The minimum atomic E-state index is 0.995. The van der Waals surface area contributed by atoms with Crippen LogP contribution in [-0.4, -0.2) is 0 Å². The van der Waals surface area contributed by atoms with Crippen molar-refractivity contribution in [2.75, 3.05) is 0 Å². The molecule has 15 heavy (non-hydrogen) atoms. The predicted octanol–water partition coefficient (Wildman–Crippen LogP) is 4.40. The number of hydrogen-bond donors (Lipinski definition) is 0. The Labute approximate surface area is 91.0 Å². The van der Waals surface area contributed by atoms with Crippen LogP contribution in [0.4, 0.5) is 0 Å². The number of benzene rings is 1. The van der Waals surface area contributed by atoms with Crippen LogP contribution in [0.15, 0.2) is 37.4 Å². The molecular weight excluding hydrogens is 180 g/mol. The minimum Gasteiger partial charge on any atom is -0.0984 e. The van der Waals surface area contributed by atoms with Gasteiger partial charge < -0.3 is 0 Å². The lowest BCUT2D eigenvalue weighted by atomic mass is 9.96. The highest BCUT2D eigenvalue weighted by atomic mass is 14.1. The minimum absolute atomic E-state index is 0.995. The first-order valence-electron chi connectivity index (χ1n) is 5.12. The molecule has 1 aliphatic carbocycles. The average Bonchev–Trinajstić information content (AvgIpc) is 2.52. The Morgan fingerprint density at radius 3 is 2.53 bits per heavy atom. The summed E-state index contributed by atoms with van der Waals surface area (Å²) in [6, 6.07) is 4.22. The van der Waals surface area contributed by atoms with Crippen LogP contribution in [0.1, 0.15) is 28.7 Å². The highest BCUT2D eigenvalue weighted by Crippen LogP contribution is 2.26. The maximum absolute atomic E-state index is 3.87. The zero-order valence-electron chi connectivity index (χ0n) is 8.74. The zero-order chi connectivity index (χ0) is 10.7. The van der Waals surface area contributed by atoms with Crippen LogP contribution in [0, 0.1) is 0 Å². The van der Waals surface area contributed by atoms with E-state index in [1.807, 2.05) is 12.2 Å². The van der Waals surface area contributed by atoms with E-state index in [0.29, 0.717) is 0 Å². The molecule has 0 spiro atoms. The van der Waals surface area contributed by atoms with Crippen LogP contribution in [0.5, 0.6) is 0 Å². The standard InChI is InChI=1S/C15H14/c1-3-12-10-11-13-8-6-5-7-9-15(13)14(12)4-2/h3-4,6-11H,1-2,5H2. The molecular formula is C15H14. The Morgan fingerprint density at radius 1 is 1.00 bits per heavy atom. The number of rotatable bonds is 2. The molecule has 1 aliphatic rings. The quantitative estimate of drug-likeness (QED) is 0.654. The Bertz CT molecular complexity index is 459. The fourth-order valence-corrected chi connectivity index (χ4v) is 1.87. The molecule has 0 aliphatic heterocycles. The van der Waals surface area contributed by atoms with E-state index in [1.54, 1.807) is 0 Å². The molecule has 0 N–H and O–H groups in total. The highest BCUT2D eigenvalue weighted by molar-refractivity contribution is 5.79. The van der Waals surface area contributed by atoms with Crippen molar-refractivity contribution in [1.82, 2.24) is 0 Å². The van der Waals surface area contributed by atoms with Gasteiger partial charge >= 0.3 is 0 Å². The maximum Gasteiger partial charge on any atom is -0.0109 e. The summed E-state index contributed by atoms with van der Waals surface area (Å²) in [5, 5.41) is 0. The van der Waals surface area contributed by atoms with Crippen LogP contribution in [-0.2, 0) is 0 Å². The van der Waals surface area contributed by atoms with Gasteiger partial charge in [0.1, 0.15) is 0 Å². The van der Waals surface area contributed by atoms with Gasteiger partial charge in [-0.2, -0.15) is 0 Å². The first-order valence-corrected chi connectivity index (χ1v) is 5.12. The molecule has 0 saturated heterocycles. The molecule has 0 amide bonds. The fourth-order valence-electron chi connectivity index (χ4n) is 1.87. The van der Waals surface area contributed by atoms with E-state index in [2.05, 4.69) is 49.6 Å². The Balaban J connectivity index is 2.73. The molecule has 74 valence electrons. The molecule has 1 aromatic carbocycles. The Kier molecular flexibility index (Phi) is 2.68. The first-order chi connectivity index (χ1) is 7.36. The van der Waals surface area contributed by atoms with E-state index in [9.17, 15) is 0 Å². The molecule has 2 rings (SSSR count). The molecule has 0 heteroatoms. The molecule has 0 atom stereocenters. The molecule has 1 aromatic rings. The monoisotopic (exact) mass is 194 g/mol. The first kappa shape index (κ1) is 9.72. The summed E-state index contributed by atoms with van der Waals surface area (Å²) in [5.74, 6) is 0. The molecule has 0 nitrogen and oxygen atoms in total. The van der Waals surface area contributed by atoms with Gasteiger partial charge in [0.25, 0.3) is 0 Å². The smallest absolute Gasteiger partial charge is 0.0109 e. The van der Waals surface area contributed by atoms with E-state index in [1.165, 1.54) is 16.7 Å². The lowest BCUT2D eigenvalue weighted by molar-refractivity contribution is 1.44. The third-order valence-electron chi connectivity index (χ3n) is 2.63. The average molecular weight is 194 g/mol. The van der Waals surface area contributed by atoms with Crippen molar-refractivity contribution in [2.24, 2.45) is 0 Å². The van der Waals surface area contributed by atoms with Gasteiger partial charge in [-0.25, -0.2) is 0 Å². The van der Waals surface area contributed by atoms with Gasteiger partial charge in [0.2, 0.25) is 0 Å². The van der Waals surface area contributed by atoms with Crippen molar-refractivity contribution in [3.8, 4) is 0 Å². The van der Waals surface area contributed by atoms with E-state index < -0.39 is 0 Å². The van der Waals surface area contributed by atoms with Crippen molar-refractivity contribution in [2.45, 2.75) is 6.42 Å². The Hall–Kier alpha value is -1.82. The molecule has 0 heterocycles. The third-order valence-corrected chi connectivity index (χ3v) is 2.63. The topological polar surface area (TPSA) is 0 Å². The molecule has 0 aromatic heterocycles. The van der Waals surface area contributed by atoms with E-state index >= 15 is 0 Å². The number of allylic oxidation sites excluding steroid dienone is 2. The molecule has 0 saturated carbocycles. The van der Waals surface area contributed by atoms with Crippen molar-refractivity contribution < 1.29 is 0 Å². The van der Waals surface area contributed by atoms with Crippen LogP contribution >= 0.6 is 0 Å². The summed E-state index contributed by atoms with van der Waals surface area (Å²) < 4.78 is 0. The number of hydrogen-bond acceptors (Lipinski definition) is 0. The van der Waals surface area contributed by atoms with Crippen LogP contribution < -0.4 is 0 Å². The van der Waals surface area contributed by atoms with Gasteiger partial charge in [-0.15, -0.1) is 0 Å². The normalized spacial score (nSPS) is 13.1. The van der Waals surface area contributed by atoms with Gasteiger partial charge in [-0.05, 0) is 28.7 Å². The largest absolute Gasteiger partial charge is 0.0984 e. The van der Waals surface area contributed by atoms with Gasteiger partial charge in [-0.3, -0.25) is 0 Å². The van der Waals surface area contributed by atoms with Gasteiger partial charge in [-0.1, -0.05) is 61.7 Å². The summed E-state index contributed by atoms with van der Waals surface area (Å²) in [4.78, 5) is 0. The Morgan fingerprint density at radius 2 is 1.80 bits per heavy atom. The summed E-state index contributed by atoms with van der Waals surface area (Å²) >= 11 is 0. The summed E-state index contributed by atoms with van der Waals surface area (Å²) in [6.45, 7) is 7.69. The highest BCUT2D eigenvalue weighted by Gasteiger charge is 2.06. The SMILES string of the molecule is C=Cc1ccc2c(c1C=C)C=CCC=C2.